The summed E-state index contributed by atoms with van der Waals surface area (Å²) in [5.41, 5.74) is 0.922. The number of rotatable bonds is 7. The summed E-state index contributed by atoms with van der Waals surface area (Å²) in [4.78, 5) is 21.5. The number of hydrogen-bond acceptors (Lipinski definition) is 7. The highest BCUT2D eigenvalue weighted by Crippen LogP contribution is 2.31. The Bertz CT molecular complexity index is 1200. The Hall–Kier alpha value is -2.36. The molecule has 0 saturated carbocycles. The number of nitrogens with zero attached hydrogens (tertiary/aromatic N) is 3. The Morgan fingerprint density at radius 3 is 2.53 bits per heavy atom. The maximum absolute atomic E-state index is 12.6. The van der Waals surface area contributed by atoms with Crippen molar-refractivity contribution in [2.45, 2.75) is 17.7 Å². The van der Waals surface area contributed by atoms with Crippen LogP contribution >= 0.6 is 22.9 Å². The zero-order valence-corrected chi connectivity index (χ0v) is 20.0. The Morgan fingerprint density at radius 1 is 1.12 bits per heavy atom. The van der Waals surface area contributed by atoms with Crippen LogP contribution in [-0.2, 0) is 14.6 Å². The first-order valence-electron chi connectivity index (χ1n) is 10.3. The fourth-order valence-electron chi connectivity index (χ4n) is 3.64. The molecule has 170 valence electrons. The van der Waals surface area contributed by atoms with Crippen molar-refractivity contribution in [2.24, 2.45) is 0 Å². The van der Waals surface area contributed by atoms with Crippen LogP contribution in [0.2, 0.25) is 5.02 Å². The van der Waals surface area contributed by atoms with E-state index < -0.39 is 9.84 Å². The Labute approximate surface area is 196 Å². The van der Waals surface area contributed by atoms with Crippen molar-refractivity contribution in [1.82, 2.24) is 9.88 Å². The second kappa shape index (κ2) is 9.64. The van der Waals surface area contributed by atoms with Gasteiger partial charge in [0.1, 0.15) is 5.75 Å². The zero-order chi connectivity index (χ0) is 22.7. The van der Waals surface area contributed by atoms with E-state index in [0.29, 0.717) is 43.4 Å². The molecule has 1 saturated heterocycles. The number of benzene rings is 2. The number of carbonyl (C=O) groups is 1. The summed E-state index contributed by atoms with van der Waals surface area (Å²) in [6.07, 6.45) is 0.515. The van der Waals surface area contributed by atoms with E-state index in [2.05, 4.69) is 9.88 Å². The summed E-state index contributed by atoms with van der Waals surface area (Å²) in [6.45, 7) is 2.59. The molecule has 0 atom stereocenters. The lowest BCUT2D eigenvalue weighted by atomic mass is 10.2. The first-order valence-corrected chi connectivity index (χ1v) is 13.2. The zero-order valence-electron chi connectivity index (χ0n) is 17.7. The highest BCUT2D eigenvalue weighted by molar-refractivity contribution is 7.91. The van der Waals surface area contributed by atoms with Crippen molar-refractivity contribution in [3.63, 3.8) is 0 Å². The summed E-state index contributed by atoms with van der Waals surface area (Å²) in [7, 11) is -1.89. The van der Waals surface area contributed by atoms with E-state index in [4.69, 9.17) is 16.3 Å². The quantitative estimate of drug-likeness (QED) is 0.497. The van der Waals surface area contributed by atoms with Crippen LogP contribution in [0.3, 0.4) is 0 Å². The van der Waals surface area contributed by atoms with E-state index in [1.165, 1.54) is 19.2 Å². The molecule has 1 aliphatic heterocycles. The third kappa shape index (κ3) is 5.16. The molecule has 3 aromatic rings. The van der Waals surface area contributed by atoms with E-state index in [1.807, 2.05) is 18.2 Å². The third-order valence-electron chi connectivity index (χ3n) is 5.46. The lowest BCUT2D eigenvalue weighted by molar-refractivity contribution is -0.131. The summed E-state index contributed by atoms with van der Waals surface area (Å²) >= 11 is 7.66. The van der Waals surface area contributed by atoms with Crippen LogP contribution in [0.15, 0.2) is 47.4 Å². The Morgan fingerprint density at radius 2 is 1.84 bits per heavy atom. The second-order valence-electron chi connectivity index (χ2n) is 7.57. The van der Waals surface area contributed by atoms with Gasteiger partial charge < -0.3 is 14.5 Å². The van der Waals surface area contributed by atoms with Gasteiger partial charge in [0.25, 0.3) is 0 Å². The average Bonchev–Trinajstić information content (AvgIpc) is 3.22. The molecule has 2 heterocycles. The molecular formula is C22H24ClN3O4S2. The van der Waals surface area contributed by atoms with E-state index in [-0.39, 0.29) is 23.0 Å². The van der Waals surface area contributed by atoms with Crippen molar-refractivity contribution >= 4 is 54.0 Å². The number of sulfone groups is 1. The van der Waals surface area contributed by atoms with Crippen molar-refractivity contribution < 1.29 is 17.9 Å². The summed E-state index contributed by atoms with van der Waals surface area (Å²) in [5.74, 6) is 0.540. The number of anilines is 1. The van der Waals surface area contributed by atoms with E-state index in [1.54, 1.807) is 28.4 Å². The van der Waals surface area contributed by atoms with Gasteiger partial charge >= 0.3 is 0 Å². The van der Waals surface area contributed by atoms with Crippen molar-refractivity contribution in [1.29, 1.82) is 0 Å². The molecule has 1 amide bonds. The van der Waals surface area contributed by atoms with Crippen molar-refractivity contribution in [3.05, 3.63) is 47.5 Å². The number of carbonyl (C=O) groups excluding carboxylic acids is 1. The molecule has 1 fully saturated rings. The van der Waals surface area contributed by atoms with Gasteiger partial charge in [0, 0.05) is 37.6 Å². The molecule has 4 rings (SSSR count). The van der Waals surface area contributed by atoms with Gasteiger partial charge in [-0.15, -0.1) is 0 Å². The van der Waals surface area contributed by atoms with Crippen molar-refractivity contribution in [3.8, 4) is 5.75 Å². The Kier molecular flexibility index (Phi) is 6.88. The molecule has 7 nitrogen and oxygen atoms in total. The fourth-order valence-corrected chi connectivity index (χ4v) is 6.25. The average molecular weight is 494 g/mol. The van der Waals surface area contributed by atoms with Crippen LogP contribution in [0.5, 0.6) is 5.75 Å². The van der Waals surface area contributed by atoms with Crippen LogP contribution in [-0.4, -0.2) is 63.3 Å². The molecule has 0 radical (unpaired) electrons. The molecule has 0 bridgehead atoms. The van der Waals surface area contributed by atoms with Crippen LogP contribution in [0.4, 0.5) is 5.13 Å². The van der Waals surface area contributed by atoms with E-state index in [9.17, 15) is 13.2 Å². The second-order valence-corrected chi connectivity index (χ2v) is 11.1. The first-order chi connectivity index (χ1) is 15.4. The largest absolute Gasteiger partial charge is 0.497 e. The first kappa shape index (κ1) is 22.8. The smallest absolute Gasteiger partial charge is 0.222 e. The van der Waals surface area contributed by atoms with E-state index in [0.717, 1.165) is 15.3 Å². The predicted molar refractivity (Wildman–Crippen MR) is 128 cm³/mol. The number of piperazine rings is 1. The number of hydrogen-bond donors (Lipinski definition) is 0. The molecule has 0 N–H and O–H groups in total. The number of ether oxygens (including phenoxy) is 1. The minimum absolute atomic E-state index is 0.00865. The lowest BCUT2D eigenvalue weighted by Gasteiger charge is -2.34. The van der Waals surface area contributed by atoms with Crippen LogP contribution < -0.4 is 9.64 Å². The number of aromatic nitrogens is 1. The lowest BCUT2D eigenvalue weighted by Crippen LogP contribution is -2.48. The molecular weight excluding hydrogens is 470 g/mol. The van der Waals surface area contributed by atoms with Gasteiger partial charge in [0.05, 0.1) is 28.0 Å². The molecule has 2 aromatic carbocycles. The summed E-state index contributed by atoms with van der Waals surface area (Å²) < 4.78 is 31.1. The summed E-state index contributed by atoms with van der Waals surface area (Å²) in [6, 6.07) is 12.0. The minimum Gasteiger partial charge on any atom is -0.497 e. The monoisotopic (exact) mass is 493 g/mol. The topological polar surface area (TPSA) is 79.8 Å². The molecule has 32 heavy (non-hydrogen) atoms. The van der Waals surface area contributed by atoms with Gasteiger partial charge in [-0.25, -0.2) is 13.4 Å². The highest BCUT2D eigenvalue weighted by Gasteiger charge is 2.24. The van der Waals surface area contributed by atoms with Gasteiger partial charge in [-0.2, -0.15) is 0 Å². The van der Waals surface area contributed by atoms with Crippen LogP contribution in [0, 0.1) is 0 Å². The summed E-state index contributed by atoms with van der Waals surface area (Å²) in [5, 5.41) is 1.62. The molecule has 1 aliphatic rings. The van der Waals surface area contributed by atoms with Gasteiger partial charge in [0.2, 0.25) is 5.91 Å². The standard InChI is InChI=1S/C22H24ClN3O4S2/c1-30-17-5-7-18(8-6-17)32(28,29)14-2-3-21(27)25-10-12-26(13-11-25)22-24-19-9-4-16(23)15-20(19)31-22/h4-9,15H,2-3,10-14H2,1H3. The number of methoxy groups -OCH3 is 1. The van der Waals surface area contributed by atoms with Gasteiger partial charge in [0.15, 0.2) is 15.0 Å². The molecule has 0 spiro atoms. The molecule has 1 aromatic heterocycles. The number of fused-ring (bicyclic) bond motifs is 1. The normalized spacial score (nSPS) is 14.7. The fraction of sp³-hybridized carbons (Fsp3) is 0.364. The third-order valence-corrected chi connectivity index (χ3v) is 8.59. The predicted octanol–water partition coefficient (Wildman–Crippen LogP) is 3.86. The van der Waals surface area contributed by atoms with E-state index >= 15 is 0 Å². The highest BCUT2D eigenvalue weighted by atomic mass is 35.5. The SMILES string of the molecule is COc1ccc(S(=O)(=O)CCCC(=O)N2CCN(c3nc4ccc(Cl)cc4s3)CC2)cc1. The number of amides is 1. The minimum atomic E-state index is -3.42. The number of thiazole rings is 1. The maximum Gasteiger partial charge on any atom is 0.222 e. The Balaban J connectivity index is 1.26. The molecule has 0 aliphatic carbocycles. The number of halogens is 1. The van der Waals surface area contributed by atoms with Gasteiger partial charge in [-0.1, -0.05) is 22.9 Å². The maximum atomic E-state index is 12.6. The van der Waals surface area contributed by atoms with Gasteiger partial charge in [-0.05, 0) is 48.9 Å². The molecule has 0 unspecified atom stereocenters. The van der Waals surface area contributed by atoms with Crippen LogP contribution in [0.25, 0.3) is 10.2 Å². The van der Waals surface area contributed by atoms with Crippen molar-refractivity contribution in [2.75, 3.05) is 43.9 Å². The molecule has 10 heteroatoms. The van der Waals surface area contributed by atoms with Crippen LogP contribution in [0.1, 0.15) is 12.8 Å². The van der Waals surface area contributed by atoms with Gasteiger partial charge in [-0.3, -0.25) is 4.79 Å².